The van der Waals surface area contributed by atoms with Crippen LogP contribution in [0.15, 0.2) is 4.99 Å². The highest BCUT2D eigenvalue weighted by atomic mass is 15.0. The number of hydrogen-bond donors (Lipinski definition) is 3. The van der Waals surface area contributed by atoms with E-state index in [4.69, 9.17) is 5.41 Å². The van der Waals surface area contributed by atoms with Gasteiger partial charge in [-0.15, -0.1) is 0 Å². The van der Waals surface area contributed by atoms with Crippen molar-refractivity contribution in [1.82, 2.24) is 10.6 Å². The van der Waals surface area contributed by atoms with Gasteiger partial charge in [-0.05, 0) is 32.1 Å². The number of amidine groups is 2. The van der Waals surface area contributed by atoms with Crippen LogP contribution in [0.2, 0.25) is 0 Å². The van der Waals surface area contributed by atoms with Gasteiger partial charge in [0.2, 0.25) is 0 Å². The molecule has 2 rings (SSSR count). The Morgan fingerprint density at radius 3 is 2.94 bits per heavy atom. The van der Waals surface area contributed by atoms with Crippen LogP contribution < -0.4 is 10.6 Å². The summed E-state index contributed by atoms with van der Waals surface area (Å²) < 4.78 is 0. The molecule has 4 nitrogen and oxygen atoms in total. The summed E-state index contributed by atoms with van der Waals surface area (Å²) in [6, 6.07) is 0.488. The molecule has 17 heavy (non-hydrogen) atoms. The van der Waals surface area contributed by atoms with Crippen molar-refractivity contribution in [2.24, 2.45) is 4.99 Å². The van der Waals surface area contributed by atoms with E-state index in [1.54, 1.807) is 0 Å². The van der Waals surface area contributed by atoms with Crippen LogP contribution in [0, 0.1) is 5.41 Å². The van der Waals surface area contributed by atoms with Gasteiger partial charge in [0.05, 0.1) is 11.7 Å². The van der Waals surface area contributed by atoms with Crippen molar-refractivity contribution in [3.05, 3.63) is 0 Å². The summed E-state index contributed by atoms with van der Waals surface area (Å²) in [6.07, 6.45) is 9.29. The zero-order chi connectivity index (χ0) is 11.9. The second-order valence-electron chi connectivity index (χ2n) is 5.07. The van der Waals surface area contributed by atoms with Gasteiger partial charge >= 0.3 is 0 Å². The van der Waals surface area contributed by atoms with E-state index in [9.17, 15) is 0 Å². The minimum atomic E-state index is 0.488. The summed E-state index contributed by atoms with van der Waals surface area (Å²) in [5.74, 6) is 1.92. The van der Waals surface area contributed by atoms with E-state index in [0.29, 0.717) is 6.04 Å². The van der Waals surface area contributed by atoms with Gasteiger partial charge in [0.15, 0.2) is 0 Å². The van der Waals surface area contributed by atoms with Gasteiger partial charge in [0.1, 0.15) is 0 Å². The number of rotatable bonds is 3. The van der Waals surface area contributed by atoms with Crippen LogP contribution in [0.4, 0.5) is 0 Å². The molecule has 0 aromatic carbocycles. The number of nitrogens with zero attached hydrogens (tertiary/aromatic N) is 1. The molecule has 96 valence electrons. The molecule has 3 N–H and O–H groups in total. The van der Waals surface area contributed by atoms with Crippen LogP contribution in [0.3, 0.4) is 0 Å². The average molecular weight is 236 g/mol. The van der Waals surface area contributed by atoms with Crippen LogP contribution in [-0.2, 0) is 0 Å². The van der Waals surface area contributed by atoms with Gasteiger partial charge in [-0.1, -0.05) is 6.42 Å². The van der Waals surface area contributed by atoms with Gasteiger partial charge in [0.25, 0.3) is 0 Å². The Hall–Kier alpha value is -1.06. The summed E-state index contributed by atoms with van der Waals surface area (Å²) in [6.45, 7) is 1.98. The molecule has 0 radical (unpaired) electrons. The molecule has 2 aliphatic rings. The topological polar surface area (TPSA) is 60.3 Å². The molecule has 1 saturated heterocycles. The molecule has 1 fully saturated rings. The van der Waals surface area contributed by atoms with Gasteiger partial charge in [-0.25, -0.2) is 0 Å². The number of aliphatic imine (C=N–C) groups is 1. The predicted molar refractivity (Wildman–Crippen MR) is 71.9 cm³/mol. The van der Waals surface area contributed by atoms with Crippen molar-refractivity contribution in [3.8, 4) is 0 Å². The highest BCUT2D eigenvalue weighted by molar-refractivity contribution is 5.82. The molecule has 0 aromatic rings. The second kappa shape index (κ2) is 6.62. The Morgan fingerprint density at radius 1 is 1.24 bits per heavy atom. The van der Waals surface area contributed by atoms with Crippen molar-refractivity contribution < 1.29 is 0 Å². The van der Waals surface area contributed by atoms with E-state index in [2.05, 4.69) is 15.6 Å². The van der Waals surface area contributed by atoms with Crippen LogP contribution >= 0.6 is 0 Å². The maximum atomic E-state index is 7.74. The predicted octanol–water partition coefficient (Wildman–Crippen LogP) is 2.06. The first-order chi connectivity index (χ1) is 8.34. The minimum Gasteiger partial charge on any atom is -0.374 e. The Kier molecular flexibility index (Phi) is 4.83. The summed E-state index contributed by atoms with van der Waals surface area (Å²) in [4.78, 5) is 4.49. The normalized spacial score (nSPS) is 25.8. The summed E-state index contributed by atoms with van der Waals surface area (Å²) in [7, 11) is 0. The zero-order valence-corrected chi connectivity index (χ0v) is 10.6. The SMILES string of the molecule is N=C1CCCCC(CCNC2=NCCCC2)N1. The lowest BCUT2D eigenvalue weighted by atomic mass is 10.1. The van der Waals surface area contributed by atoms with E-state index in [0.717, 1.165) is 38.2 Å². The van der Waals surface area contributed by atoms with E-state index < -0.39 is 0 Å². The molecule has 2 heterocycles. The van der Waals surface area contributed by atoms with Crippen LogP contribution in [0.1, 0.15) is 51.4 Å². The third-order valence-electron chi connectivity index (χ3n) is 3.55. The van der Waals surface area contributed by atoms with E-state index >= 15 is 0 Å². The molecule has 0 saturated carbocycles. The average Bonchev–Trinajstić information content (AvgIpc) is 2.55. The lowest BCUT2D eigenvalue weighted by Gasteiger charge is -2.19. The minimum absolute atomic E-state index is 0.488. The lowest BCUT2D eigenvalue weighted by molar-refractivity contribution is 0.511. The maximum absolute atomic E-state index is 7.74. The standard InChI is InChI=1S/C13H24N4/c14-12-6-2-1-5-11(17-12)8-10-16-13-7-3-4-9-15-13/h11H,1-10H2,(H2,14,17)(H,15,16). The lowest BCUT2D eigenvalue weighted by Crippen LogP contribution is -2.36. The molecule has 0 aromatic heterocycles. The number of hydrogen-bond acceptors (Lipinski definition) is 3. The van der Waals surface area contributed by atoms with Gasteiger partial charge in [0, 0.05) is 32.0 Å². The molecule has 0 amide bonds. The Bertz CT molecular complexity index is 285. The Morgan fingerprint density at radius 2 is 2.12 bits per heavy atom. The molecule has 2 aliphatic heterocycles. The molecular weight excluding hydrogens is 212 g/mol. The van der Waals surface area contributed by atoms with Crippen LogP contribution in [0.5, 0.6) is 0 Å². The fourth-order valence-electron chi connectivity index (χ4n) is 2.53. The molecule has 1 atom stereocenters. The van der Waals surface area contributed by atoms with Gasteiger partial charge in [-0.2, -0.15) is 0 Å². The number of nitrogens with one attached hydrogen (secondary N) is 3. The first-order valence-electron chi connectivity index (χ1n) is 6.96. The molecule has 4 heteroatoms. The first kappa shape index (κ1) is 12.4. The smallest absolute Gasteiger partial charge is 0.0963 e. The van der Waals surface area contributed by atoms with Crippen LogP contribution in [0.25, 0.3) is 0 Å². The summed E-state index contributed by atoms with van der Waals surface area (Å²) in [5.41, 5.74) is 0. The highest BCUT2D eigenvalue weighted by Crippen LogP contribution is 2.11. The molecule has 0 bridgehead atoms. The fourth-order valence-corrected chi connectivity index (χ4v) is 2.53. The fraction of sp³-hybridized carbons (Fsp3) is 0.846. The second-order valence-corrected chi connectivity index (χ2v) is 5.07. The van der Waals surface area contributed by atoms with E-state index in [1.165, 1.54) is 37.9 Å². The summed E-state index contributed by atoms with van der Waals surface area (Å²) in [5, 5.41) is 14.5. The monoisotopic (exact) mass is 236 g/mol. The molecular formula is C13H24N4. The first-order valence-corrected chi connectivity index (χ1v) is 6.96. The molecule has 0 spiro atoms. The molecule has 1 unspecified atom stereocenters. The Balaban J connectivity index is 1.66. The van der Waals surface area contributed by atoms with Crippen molar-refractivity contribution >= 4 is 11.7 Å². The quantitative estimate of drug-likeness (QED) is 0.702. The van der Waals surface area contributed by atoms with Crippen molar-refractivity contribution in [2.45, 2.75) is 57.4 Å². The van der Waals surface area contributed by atoms with E-state index in [1.807, 2.05) is 0 Å². The third-order valence-corrected chi connectivity index (χ3v) is 3.55. The van der Waals surface area contributed by atoms with Gasteiger partial charge in [-0.3, -0.25) is 10.4 Å². The Labute approximate surface area is 104 Å². The van der Waals surface area contributed by atoms with Crippen molar-refractivity contribution in [1.29, 1.82) is 5.41 Å². The van der Waals surface area contributed by atoms with E-state index in [-0.39, 0.29) is 0 Å². The highest BCUT2D eigenvalue weighted by Gasteiger charge is 2.14. The summed E-state index contributed by atoms with van der Waals surface area (Å²) >= 11 is 0. The zero-order valence-electron chi connectivity index (χ0n) is 10.6. The van der Waals surface area contributed by atoms with Crippen molar-refractivity contribution in [2.75, 3.05) is 13.1 Å². The largest absolute Gasteiger partial charge is 0.374 e. The maximum Gasteiger partial charge on any atom is 0.0963 e. The van der Waals surface area contributed by atoms with Crippen LogP contribution in [-0.4, -0.2) is 30.8 Å². The van der Waals surface area contributed by atoms with Crippen molar-refractivity contribution in [3.63, 3.8) is 0 Å². The third kappa shape index (κ3) is 4.36. The molecule has 0 aliphatic carbocycles. The van der Waals surface area contributed by atoms with Gasteiger partial charge < -0.3 is 10.6 Å².